The zero-order chi connectivity index (χ0) is 2.71. The standard InChI is InChI=1S/CH5N2.CH4.CH3.Pt/c2-1-3;;;/h2H,1,3H2;1H4;1H3;/q-1;;-1;+2. The molecule has 0 aromatic heterocycles. The van der Waals surface area contributed by atoms with Crippen molar-refractivity contribution in [3.63, 3.8) is 0 Å². The topological polar surface area (TPSA) is 49.8 Å². The van der Waals surface area contributed by atoms with E-state index in [2.05, 4.69) is 5.73 Å². The van der Waals surface area contributed by atoms with Crippen molar-refractivity contribution in [2.75, 3.05) is 6.67 Å². The number of hydrogen-bond acceptors (Lipinski definition) is 1. The quantitative estimate of drug-likeness (QED) is 0.657. The summed E-state index contributed by atoms with van der Waals surface area (Å²) in [7, 11) is 0. The van der Waals surface area contributed by atoms with Crippen LogP contribution in [0.2, 0.25) is 0 Å². The van der Waals surface area contributed by atoms with E-state index in [0.717, 1.165) is 0 Å². The van der Waals surface area contributed by atoms with E-state index in [1.54, 1.807) is 0 Å². The zero-order valence-corrected chi connectivity index (χ0v) is 5.37. The Balaban J connectivity index is -0.00000000667. The summed E-state index contributed by atoms with van der Waals surface area (Å²) in [6.45, 7) is 0. The van der Waals surface area contributed by atoms with Gasteiger partial charge < -0.3 is 18.9 Å². The van der Waals surface area contributed by atoms with Gasteiger partial charge in [-0.25, -0.2) is 0 Å². The molecule has 0 aliphatic rings. The van der Waals surface area contributed by atoms with Crippen LogP contribution in [0.25, 0.3) is 5.73 Å². The Morgan fingerprint density at radius 1 is 1.50 bits per heavy atom. The molecule has 0 aromatic rings. The Bertz CT molecular complexity index is 8.75. The molecule has 0 rings (SSSR count). The number of hydrogen-bond donors (Lipinski definition) is 1. The van der Waals surface area contributed by atoms with Crippen molar-refractivity contribution in [2.45, 2.75) is 7.43 Å². The van der Waals surface area contributed by atoms with Crippen molar-refractivity contribution >= 4 is 0 Å². The van der Waals surface area contributed by atoms with Crippen LogP contribution in [0.5, 0.6) is 0 Å². The van der Waals surface area contributed by atoms with Crippen LogP contribution < -0.4 is 5.73 Å². The molecular formula is C3H12N2Pt. The number of rotatable bonds is 0. The van der Waals surface area contributed by atoms with Crippen LogP contribution in [0, 0.1) is 7.43 Å². The molecule has 0 saturated heterocycles. The van der Waals surface area contributed by atoms with E-state index >= 15 is 0 Å². The molecule has 6 heavy (non-hydrogen) atoms. The van der Waals surface area contributed by atoms with Crippen molar-refractivity contribution in [2.24, 2.45) is 5.73 Å². The molecule has 0 radical (unpaired) electrons. The third-order valence-corrected chi connectivity index (χ3v) is 0. The van der Waals surface area contributed by atoms with Crippen LogP contribution >= 0.6 is 0 Å². The second-order valence-electron chi connectivity index (χ2n) is 0.204. The molecule has 0 heterocycles. The Morgan fingerprint density at radius 3 is 1.50 bits per heavy atom. The molecule has 3 N–H and O–H groups in total. The average Bonchev–Trinajstić information content (AvgIpc) is 0.918. The molecule has 0 aliphatic carbocycles. The summed E-state index contributed by atoms with van der Waals surface area (Å²) in [4.78, 5) is 0. The van der Waals surface area contributed by atoms with Crippen molar-refractivity contribution < 1.29 is 21.1 Å². The fourth-order valence-electron chi connectivity index (χ4n) is 0. The first kappa shape index (κ1) is 30.6. The van der Waals surface area contributed by atoms with Gasteiger partial charge >= 0.3 is 21.1 Å². The third-order valence-electron chi connectivity index (χ3n) is 0. The average molecular weight is 271 g/mol. The predicted octanol–water partition coefficient (Wildman–Crippen LogP) is 1.04. The fourth-order valence-corrected chi connectivity index (χ4v) is 0. The molecule has 0 bridgehead atoms. The van der Waals surface area contributed by atoms with E-state index in [-0.39, 0.29) is 42.6 Å². The van der Waals surface area contributed by atoms with Crippen LogP contribution in [0.1, 0.15) is 7.43 Å². The minimum absolute atomic E-state index is 0. The molecule has 0 atom stereocenters. The Kier molecular flexibility index (Phi) is 234. The van der Waals surface area contributed by atoms with Gasteiger partial charge in [-0.2, -0.15) is 0 Å². The van der Waals surface area contributed by atoms with Gasteiger partial charge in [-0.15, -0.1) is 6.67 Å². The van der Waals surface area contributed by atoms with Crippen molar-refractivity contribution in [3.8, 4) is 0 Å². The van der Waals surface area contributed by atoms with Gasteiger partial charge in [-0.3, -0.25) is 0 Å². The van der Waals surface area contributed by atoms with Gasteiger partial charge in [0, 0.05) is 0 Å². The van der Waals surface area contributed by atoms with Gasteiger partial charge in [0.2, 0.25) is 0 Å². The molecule has 2 nitrogen and oxygen atoms in total. The van der Waals surface area contributed by atoms with Crippen molar-refractivity contribution in [1.29, 1.82) is 0 Å². The van der Waals surface area contributed by atoms with E-state index in [0.29, 0.717) is 0 Å². The molecule has 0 unspecified atom stereocenters. The molecule has 0 spiro atoms. The second kappa shape index (κ2) is 46.0. The second-order valence-corrected chi connectivity index (χ2v) is 0.204. The van der Waals surface area contributed by atoms with E-state index in [4.69, 9.17) is 5.73 Å². The van der Waals surface area contributed by atoms with E-state index in [1.165, 1.54) is 0 Å². The smallest absolute Gasteiger partial charge is 0.665 e. The largest absolute Gasteiger partial charge is 2.00 e. The molecule has 0 fully saturated rings. The molecule has 44 valence electrons. The Morgan fingerprint density at radius 2 is 1.50 bits per heavy atom. The maximum absolute atomic E-state index is 5.99. The first-order valence-electron chi connectivity index (χ1n) is 0.762. The van der Waals surface area contributed by atoms with Gasteiger partial charge in [0.25, 0.3) is 0 Å². The predicted molar refractivity (Wildman–Crippen MR) is 26.5 cm³/mol. The van der Waals surface area contributed by atoms with Crippen LogP contribution in [0.15, 0.2) is 0 Å². The Hall–Kier alpha value is 0.608. The van der Waals surface area contributed by atoms with Crippen LogP contribution in [0.3, 0.4) is 0 Å². The molecule has 0 saturated carbocycles. The maximum atomic E-state index is 5.99. The molecule has 0 amide bonds. The van der Waals surface area contributed by atoms with Gasteiger partial charge in [0.15, 0.2) is 0 Å². The maximum Gasteiger partial charge on any atom is 2.00 e. The summed E-state index contributed by atoms with van der Waals surface area (Å²) >= 11 is 0. The van der Waals surface area contributed by atoms with Crippen molar-refractivity contribution in [1.82, 2.24) is 0 Å². The zero-order valence-electron chi connectivity index (χ0n) is 3.10. The van der Waals surface area contributed by atoms with E-state index in [9.17, 15) is 0 Å². The monoisotopic (exact) mass is 271 g/mol. The number of nitrogens with one attached hydrogen (secondary N) is 1. The minimum atomic E-state index is 0. The summed E-state index contributed by atoms with van der Waals surface area (Å²) in [5.74, 6) is 0. The van der Waals surface area contributed by atoms with Crippen LogP contribution in [-0.2, 0) is 21.1 Å². The summed E-state index contributed by atoms with van der Waals surface area (Å²) < 4.78 is 0. The van der Waals surface area contributed by atoms with E-state index in [1.807, 2.05) is 0 Å². The summed E-state index contributed by atoms with van der Waals surface area (Å²) in [6, 6.07) is 0. The van der Waals surface area contributed by atoms with Crippen molar-refractivity contribution in [3.05, 3.63) is 13.2 Å². The van der Waals surface area contributed by atoms with Gasteiger partial charge in [-0.1, -0.05) is 7.43 Å². The Labute approximate surface area is 54.5 Å². The molecule has 0 aromatic carbocycles. The van der Waals surface area contributed by atoms with Crippen LogP contribution in [0.4, 0.5) is 0 Å². The molecule has 3 heteroatoms. The first-order valence-corrected chi connectivity index (χ1v) is 0.762. The van der Waals surface area contributed by atoms with Gasteiger partial charge in [0.05, 0.1) is 0 Å². The molecular weight excluding hydrogens is 259 g/mol. The fraction of sp³-hybridized carbons (Fsp3) is 0.667. The SMILES string of the molecule is C.[CH3-].[NH-]CN.[Pt+2]. The first-order chi connectivity index (χ1) is 1.41. The number of nitrogens with two attached hydrogens (primary N) is 1. The van der Waals surface area contributed by atoms with Crippen LogP contribution in [-0.4, -0.2) is 6.67 Å². The minimum Gasteiger partial charge on any atom is -0.665 e. The van der Waals surface area contributed by atoms with E-state index < -0.39 is 0 Å². The summed E-state index contributed by atoms with van der Waals surface area (Å²) in [5, 5.41) is 0. The summed E-state index contributed by atoms with van der Waals surface area (Å²) in [5.41, 5.74) is 10.5. The van der Waals surface area contributed by atoms with Gasteiger partial charge in [-0.05, 0) is 0 Å². The third kappa shape index (κ3) is 162. The molecule has 0 aliphatic heterocycles. The summed E-state index contributed by atoms with van der Waals surface area (Å²) in [6.07, 6.45) is 0. The van der Waals surface area contributed by atoms with Gasteiger partial charge in [0.1, 0.15) is 0 Å². The normalized spacial score (nSPS) is 3.00.